The molecule has 3 nitrogen and oxygen atoms in total. The first-order valence-corrected chi connectivity index (χ1v) is 12.3. The maximum Gasteiger partial charge on any atom is 0.184 e. The lowest BCUT2D eigenvalue weighted by atomic mass is 9.15. The minimum atomic E-state index is -1.78. The first-order chi connectivity index (χ1) is 16.1. The van der Waals surface area contributed by atoms with Gasteiger partial charge in [0.25, 0.3) is 0 Å². The molecule has 0 bridgehead atoms. The summed E-state index contributed by atoms with van der Waals surface area (Å²) in [5.74, 6) is 3.05. The third-order valence-electron chi connectivity index (χ3n) is 6.70. The van der Waals surface area contributed by atoms with Crippen molar-refractivity contribution < 1.29 is 4.79 Å². The first kappa shape index (κ1) is 28.1. The molecule has 0 radical (unpaired) electrons. The van der Waals surface area contributed by atoms with Crippen LogP contribution in [0, 0.1) is 52.8 Å². The number of carbonyl (C=O) groups is 1. The maximum absolute atomic E-state index is 11.0. The Morgan fingerprint density at radius 1 is 0.714 bits per heavy atom. The SMILES string of the molecule is CC(C)=O.Cc1cc(C)c([B-](C#N)(c2ccc([N+](C)(C)C)cc2)c2c(C)cc(C)cc2C)c(C)c1. The molecule has 4 heteroatoms. The molecule has 0 atom stereocenters. The fraction of sp³-hybridized carbons (Fsp3) is 0.355. The highest BCUT2D eigenvalue weighted by Gasteiger charge is 2.35. The lowest BCUT2D eigenvalue weighted by molar-refractivity contribution is -0.114. The largest absolute Gasteiger partial charge is 0.300 e. The molecule has 0 saturated carbocycles. The summed E-state index contributed by atoms with van der Waals surface area (Å²) in [5, 5.41) is 11.0. The van der Waals surface area contributed by atoms with Crippen LogP contribution in [0.2, 0.25) is 0 Å². The van der Waals surface area contributed by atoms with Gasteiger partial charge in [-0.05, 0) is 67.5 Å². The molecule has 0 amide bonds. The number of carbonyl (C=O) groups excluding carboxylic acids is 1. The van der Waals surface area contributed by atoms with E-state index in [9.17, 15) is 10.1 Å². The molecule has 3 aromatic rings. The number of nitriles is 1. The van der Waals surface area contributed by atoms with Gasteiger partial charge in [0, 0.05) is 0 Å². The monoisotopic (exact) mass is 468 g/mol. The van der Waals surface area contributed by atoms with Gasteiger partial charge in [0.1, 0.15) is 11.5 Å². The lowest BCUT2D eigenvalue weighted by Gasteiger charge is -2.42. The molecule has 0 unspecified atom stereocenters. The summed E-state index contributed by atoms with van der Waals surface area (Å²) in [5.41, 5.74) is 11.9. The molecular formula is C31H41BN2O. The molecular weight excluding hydrogens is 427 g/mol. The number of Topliss-reactive ketones (excluding diaryl/α,β-unsaturated/α-hetero) is 1. The summed E-state index contributed by atoms with van der Waals surface area (Å²) >= 11 is 0. The van der Waals surface area contributed by atoms with Crippen LogP contribution in [0.3, 0.4) is 0 Å². The Morgan fingerprint density at radius 3 is 1.29 bits per heavy atom. The van der Waals surface area contributed by atoms with E-state index in [2.05, 4.69) is 117 Å². The predicted molar refractivity (Wildman–Crippen MR) is 154 cm³/mol. The molecule has 0 fully saturated rings. The molecule has 35 heavy (non-hydrogen) atoms. The molecule has 0 spiro atoms. The van der Waals surface area contributed by atoms with Gasteiger partial charge in [-0.15, -0.1) is 5.97 Å². The van der Waals surface area contributed by atoms with Crippen LogP contribution < -0.4 is 20.9 Å². The summed E-state index contributed by atoms with van der Waals surface area (Å²) < 4.78 is 0.748. The van der Waals surface area contributed by atoms with Crippen molar-refractivity contribution in [1.29, 1.82) is 5.26 Å². The number of hydrogen-bond acceptors (Lipinski definition) is 2. The van der Waals surface area contributed by atoms with Gasteiger partial charge in [0.05, 0.1) is 21.1 Å². The Hall–Kier alpha value is -3.16. The van der Waals surface area contributed by atoms with E-state index in [1.54, 1.807) is 0 Å². The van der Waals surface area contributed by atoms with Crippen LogP contribution in [0.4, 0.5) is 5.69 Å². The number of rotatable bonds is 4. The van der Waals surface area contributed by atoms with Crippen LogP contribution in [0.15, 0.2) is 48.5 Å². The van der Waals surface area contributed by atoms with Crippen molar-refractivity contribution in [2.24, 2.45) is 0 Å². The minimum Gasteiger partial charge on any atom is -0.300 e. The molecule has 184 valence electrons. The van der Waals surface area contributed by atoms with Gasteiger partial charge >= 0.3 is 0 Å². The highest BCUT2D eigenvalue weighted by Crippen LogP contribution is 2.21. The fourth-order valence-corrected chi connectivity index (χ4v) is 5.64. The standard InChI is InChI=1S/C28H35BN2.C3H6O/c1-19-14-21(3)27(22(4)15-19)29(18-30,28-23(5)16-20(2)17-24(28)6)25-10-12-26(13-11-25)31(7,8)9;1-3(2)4/h10-17H,1-9H3;1-2H3. The summed E-state index contributed by atoms with van der Waals surface area (Å²) in [6.45, 7) is 15.9. The molecule has 0 saturated heterocycles. The van der Waals surface area contributed by atoms with E-state index < -0.39 is 6.15 Å². The minimum absolute atomic E-state index is 0.167. The summed E-state index contributed by atoms with van der Waals surface area (Å²) in [6, 6.07) is 17.6. The molecule has 0 aliphatic carbocycles. The zero-order valence-corrected chi connectivity index (χ0v) is 23.5. The number of benzene rings is 3. The second-order valence-corrected chi connectivity index (χ2v) is 11.1. The zero-order valence-electron chi connectivity index (χ0n) is 23.5. The second kappa shape index (κ2) is 10.6. The summed E-state index contributed by atoms with van der Waals surface area (Å²) in [4.78, 5) is 9.44. The van der Waals surface area contributed by atoms with E-state index in [1.807, 2.05) is 0 Å². The average Bonchev–Trinajstić information content (AvgIpc) is 2.70. The van der Waals surface area contributed by atoms with Crippen molar-refractivity contribution in [3.05, 3.63) is 81.9 Å². The highest BCUT2D eigenvalue weighted by atomic mass is 16.1. The van der Waals surface area contributed by atoms with Gasteiger partial charge in [-0.25, -0.2) is 5.26 Å². The number of quaternary nitrogens is 1. The van der Waals surface area contributed by atoms with Gasteiger partial charge in [-0.2, -0.15) is 16.4 Å². The maximum atomic E-state index is 11.0. The van der Waals surface area contributed by atoms with Gasteiger partial charge in [-0.1, -0.05) is 69.8 Å². The Labute approximate surface area is 212 Å². The number of ketones is 1. The Kier molecular flexibility index (Phi) is 8.53. The molecule has 0 heterocycles. The van der Waals surface area contributed by atoms with Gasteiger partial charge in [-0.3, -0.25) is 4.48 Å². The van der Waals surface area contributed by atoms with E-state index in [-0.39, 0.29) is 5.78 Å². The molecule has 0 aliphatic rings. The van der Waals surface area contributed by atoms with Gasteiger partial charge in [0.15, 0.2) is 6.15 Å². The quantitative estimate of drug-likeness (QED) is 0.405. The normalized spacial score (nSPS) is 11.4. The van der Waals surface area contributed by atoms with Crippen LogP contribution in [0.1, 0.15) is 47.2 Å². The van der Waals surface area contributed by atoms with Crippen molar-refractivity contribution in [1.82, 2.24) is 4.48 Å². The number of hydrogen-bond donors (Lipinski definition) is 0. The van der Waals surface area contributed by atoms with Gasteiger partial charge in [0.2, 0.25) is 0 Å². The Morgan fingerprint density at radius 2 is 1.03 bits per heavy atom. The predicted octanol–water partition coefficient (Wildman–Crippen LogP) is 4.86. The van der Waals surface area contributed by atoms with Crippen molar-refractivity contribution in [3.8, 4) is 5.97 Å². The molecule has 3 rings (SSSR count). The van der Waals surface area contributed by atoms with Crippen LogP contribution in [0.5, 0.6) is 0 Å². The van der Waals surface area contributed by atoms with Crippen molar-refractivity contribution in [2.45, 2.75) is 55.4 Å². The van der Waals surface area contributed by atoms with Crippen molar-refractivity contribution >= 4 is 34.0 Å². The smallest absolute Gasteiger partial charge is 0.184 e. The van der Waals surface area contributed by atoms with E-state index in [4.69, 9.17) is 0 Å². The van der Waals surface area contributed by atoms with Crippen LogP contribution >= 0.6 is 0 Å². The summed E-state index contributed by atoms with van der Waals surface area (Å²) in [7, 11) is 6.50. The Balaban J connectivity index is 0.00000100. The number of aryl methyl sites for hydroxylation is 6. The van der Waals surface area contributed by atoms with E-state index in [0.29, 0.717) is 0 Å². The zero-order chi connectivity index (χ0) is 26.7. The topological polar surface area (TPSA) is 40.9 Å². The van der Waals surface area contributed by atoms with Crippen LogP contribution in [-0.4, -0.2) is 33.1 Å². The fourth-order valence-electron chi connectivity index (χ4n) is 5.64. The van der Waals surface area contributed by atoms with Crippen LogP contribution in [0.25, 0.3) is 0 Å². The molecule has 0 aliphatic heterocycles. The third kappa shape index (κ3) is 5.92. The van der Waals surface area contributed by atoms with Crippen LogP contribution in [-0.2, 0) is 4.79 Å². The van der Waals surface area contributed by atoms with E-state index in [0.717, 1.165) is 9.95 Å². The third-order valence-corrected chi connectivity index (χ3v) is 6.70. The molecule has 0 aromatic heterocycles. The van der Waals surface area contributed by atoms with Crippen molar-refractivity contribution in [2.75, 3.05) is 21.1 Å². The Bertz CT molecular complexity index is 1170. The average molecular weight is 468 g/mol. The first-order valence-electron chi connectivity index (χ1n) is 12.3. The number of nitrogens with zero attached hydrogens (tertiary/aromatic N) is 2. The highest BCUT2D eigenvalue weighted by molar-refractivity contribution is 7.17. The van der Waals surface area contributed by atoms with Crippen molar-refractivity contribution in [3.63, 3.8) is 0 Å². The van der Waals surface area contributed by atoms with E-state index in [1.165, 1.54) is 63.8 Å². The van der Waals surface area contributed by atoms with E-state index >= 15 is 0 Å². The second-order valence-electron chi connectivity index (χ2n) is 11.1. The summed E-state index contributed by atoms with van der Waals surface area (Å²) in [6.07, 6.45) is -1.78. The lowest BCUT2D eigenvalue weighted by Crippen LogP contribution is -2.69. The molecule has 3 aromatic carbocycles. The molecule has 0 N–H and O–H groups in total. The van der Waals surface area contributed by atoms with Gasteiger partial charge < -0.3 is 4.79 Å².